The van der Waals surface area contributed by atoms with Gasteiger partial charge in [-0.05, 0) is 25.7 Å². The second-order valence-corrected chi connectivity index (χ2v) is 4.72. The van der Waals surface area contributed by atoms with Crippen LogP contribution in [0.1, 0.15) is 37.3 Å². The molecule has 0 saturated heterocycles. The van der Waals surface area contributed by atoms with Crippen LogP contribution in [0.5, 0.6) is 5.88 Å². The van der Waals surface area contributed by atoms with Gasteiger partial charge < -0.3 is 9.14 Å². The van der Waals surface area contributed by atoms with Gasteiger partial charge in [-0.3, -0.25) is 0 Å². The fourth-order valence-corrected chi connectivity index (χ4v) is 1.92. The van der Waals surface area contributed by atoms with Gasteiger partial charge in [-0.2, -0.15) is 0 Å². The first-order chi connectivity index (χ1) is 7.90. The minimum Gasteiger partial charge on any atom is -0.472 e. The van der Waals surface area contributed by atoms with Gasteiger partial charge >= 0.3 is 0 Å². The number of ether oxygens (including phenoxy) is 1. The lowest BCUT2D eigenvalue weighted by Gasteiger charge is -2.03. The van der Waals surface area contributed by atoms with E-state index in [4.69, 9.17) is 4.74 Å². The summed E-state index contributed by atoms with van der Waals surface area (Å²) >= 11 is 0. The molecular weight excluding hydrogens is 202 g/mol. The molecule has 2 fully saturated rings. The smallest absolute Gasteiger partial charge is 0.258 e. The molecule has 16 heavy (non-hydrogen) atoms. The maximum Gasteiger partial charge on any atom is 0.258 e. The van der Waals surface area contributed by atoms with Gasteiger partial charge in [0.2, 0.25) is 5.65 Å². The molecule has 2 aromatic heterocycles. The number of hydrogen-bond acceptors (Lipinski definition) is 3. The number of hydrogen-bond donors (Lipinski definition) is 0. The van der Waals surface area contributed by atoms with Crippen LogP contribution in [-0.4, -0.2) is 20.5 Å². The van der Waals surface area contributed by atoms with E-state index in [0.717, 1.165) is 18.5 Å². The van der Waals surface area contributed by atoms with Gasteiger partial charge in [-0.25, -0.2) is 9.97 Å². The molecule has 0 bridgehead atoms. The second kappa shape index (κ2) is 2.97. The minimum absolute atomic E-state index is 0.375. The normalized spacial score (nSPS) is 20.2. The van der Waals surface area contributed by atoms with Crippen LogP contribution in [0.25, 0.3) is 5.65 Å². The van der Waals surface area contributed by atoms with E-state index in [9.17, 15) is 0 Å². The molecule has 0 amide bonds. The molecule has 4 rings (SSSR count). The van der Waals surface area contributed by atoms with Crippen LogP contribution in [0.4, 0.5) is 0 Å². The minimum atomic E-state index is 0.375. The van der Waals surface area contributed by atoms with Crippen molar-refractivity contribution in [2.75, 3.05) is 0 Å². The van der Waals surface area contributed by atoms with E-state index in [1.165, 1.54) is 18.5 Å². The van der Waals surface area contributed by atoms with E-state index in [-0.39, 0.29) is 0 Å². The van der Waals surface area contributed by atoms with E-state index in [2.05, 4.69) is 16.2 Å². The molecule has 0 atom stereocenters. The zero-order valence-electron chi connectivity index (χ0n) is 8.97. The monoisotopic (exact) mass is 215 g/mol. The van der Waals surface area contributed by atoms with E-state index in [1.54, 1.807) is 6.20 Å². The molecular formula is C12H13N3O. The van der Waals surface area contributed by atoms with Crippen molar-refractivity contribution >= 4 is 5.65 Å². The summed E-state index contributed by atoms with van der Waals surface area (Å²) < 4.78 is 7.78. The summed E-state index contributed by atoms with van der Waals surface area (Å²) in [6, 6.07) is 0. The molecule has 4 heteroatoms. The molecule has 82 valence electrons. The summed E-state index contributed by atoms with van der Waals surface area (Å²) in [5, 5.41) is 0. The fraction of sp³-hybridized carbons (Fsp3) is 0.500. The molecule has 2 aromatic rings. The maximum atomic E-state index is 5.76. The van der Waals surface area contributed by atoms with Crippen molar-refractivity contribution in [1.82, 2.24) is 14.4 Å². The number of rotatable bonds is 3. The number of aromatic nitrogens is 3. The first-order valence-corrected chi connectivity index (χ1v) is 5.90. The summed E-state index contributed by atoms with van der Waals surface area (Å²) in [6.45, 7) is 0. The van der Waals surface area contributed by atoms with Crippen molar-refractivity contribution in [3.63, 3.8) is 0 Å². The Morgan fingerprint density at radius 2 is 2.12 bits per heavy atom. The van der Waals surface area contributed by atoms with Crippen LogP contribution in [0.15, 0.2) is 18.6 Å². The van der Waals surface area contributed by atoms with E-state index in [1.807, 2.05) is 10.6 Å². The third-order valence-electron chi connectivity index (χ3n) is 3.16. The topological polar surface area (TPSA) is 39.4 Å². The molecule has 4 nitrogen and oxygen atoms in total. The fourth-order valence-electron chi connectivity index (χ4n) is 1.92. The van der Waals surface area contributed by atoms with Gasteiger partial charge in [0.1, 0.15) is 6.10 Å². The average Bonchev–Trinajstić information content (AvgIpc) is 3.18. The predicted octanol–water partition coefficient (Wildman–Crippen LogP) is 2.15. The van der Waals surface area contributed by atoms with Crippen LogP contribution in [0.3, 0.4) is 0 Å². The standard InChI is InChI=1S/C12H13N3O/c1-2-8(1)10-7-15-6-5-13-12(11(15)14-10)16-9-3-4-9/h5-9H,1-4H2. The summed E-state index contributed by atoms with van der Waals surface area (Å²) in [4.78, 5) is 8.91. The van der Waals surface area contributed by atoms with E-state index >= 15 is 0 Å². The van der Waals surface area contributed by atoms with Gasteiger partial charge in [0.25, 0.3) is 5.88 Å². The Kier molecular flexibility index (Phi) is 1.59. The van der Waals surface area contributed by atoms with Crippen molar-refractivity contribution in [3.8, 4) is 5.88 Å². The van der Waals surface area contributed by atoms with Gasteiger partial charge in [0.15, 0.2) is 0 Å². The van der Waals surface area contributed by atoms with Crippen molar-refractivity contribution in [2.24, 2.45) is 0 Å². The van der Waals surface area contributed by atoms with Crippen molar-refractivity contribution in [1.29, 1.82) is 0 Å². The number of nitrogens with zero attached hydrogens (tertiary/aromatic N) is 3. The molecule has 0 unspecified atom stereocenters. The molecule has 2 heterocycles. The first-order valence-electron chi connectivity index (χ1n) is 5.90. The molecule has 0 N–H and O–H groups in total. The molecule has 2 aliphatic carbocycles. The Bertz CT molecular complexity index is 540. The van der Waals surface area contributed by atoms with Crippen LogP contribution >= 0.6 is 0 Å². The lowest BCUT2D eigenvalue weighted by Crippen LogP contribution is -2.00. The Hall–Kier alpha value is -1.58. The van der Waals surface area contributed by atoms with Crippen LogP contribution in [0.2, 0.25) is 0 Å². The highest BCUT2D eigenvalue weighted by Crippen LogP contribution is 2.40. The first kappa shape index (κ1) is 8.56. The lowest BCUT2D eigenvalue weighted by molar-refractivity contribution is 0.293. The Balaban J connectivity index is 1.80. The Morgan fingerprint density at radius 3 is 2.88 bits per heavy atom. The highest BCUT2D eigenvalue weighted by molar-refractivity contribution is 5.50. The summed E-state index contributed by atoms with van der Waals surface area (Å²) in [6.07, 6.45) is 11.1. The SMILES string of the molecule is c1cn2cc(C3CC3)nc2c(OC2CC2)n1. The van der Waals surface area contributed by atoms with Crippen LogP contribution < -0.4 is 4.74 Å². The molecule has 2 saturated carbocycles. The second-order valence-electron chi connectivity index (χ2n) is 4.72. The molecule has 0 spiro atoms. The van der Waals surface area contributed by atoms with Crippen LogP contribution in [-0.2, 0) is 0 Å². The number of fused-ring (bicyclic) bond motifs is 1. The van der Waals surface area contributed by atoms with Gasteiger partial charge in [-0.15, -0.1) is 0 Å². The third kappa shape index (κ3) is 1.37. The van der Waals surface area contributed by atoms with Crippen molar-refractivity contribution in [2.45, 2.75) is 37.7 Å². The zero-order valence-corrected chi connectivity index (χ0v) is 8.97. The summed E-state index contributed by atoms with van der Waals surface area (Å²) in [5.41, 5.74) is 2.06. The highest BCUT2D eigenvalue weighted by atomic mass is 16.5. The van der Waals surface area contributed by atoms with Crippen molar-refractivity contribution < 1.29 is 4.74 Å². The third-order valence-corrected chi connectivity index (χ3v) is 3.16. The molecule has 0 radical (unpaired) electrons. The molecule has 2 aliphatic rings. The molecule has 0 aliphatic heterocycles. The zero-order chi connectivity index (χ0) is 10.5. The number of imidazole rings is 1. The van der Waals surface area contributed by atoms with E-state index in [0.29, 0.717) is 17.9 Å². The molecule has 0 aromatic carbocycles. The largest absolute Gasteiger partial charge is 0.472 e. The Labute approximate surface area is 93.3 Å². The van der Waals surface area contributed by atoms with Gasteiger partial charge in [-0.1, -0.05) is 0 Å². The lowest BCUT2D eigenvalue weighted by atomic mass is 10.3. The Morgan fingerprint density at radius 1 is 1.25 bits per heavy atom. The average molecular weight is 215 g/mol. The summed E-state index contributed by atoms with van der Waals surface area (Å²) in [5.74, 6) is 1.37. The predicted molar refractivity (Wildman–Crippen MR) is 58.6 cm³/mol. The maximum absolute atomic E-state index is 5.76. The van der Waals surface area contributed by atoms with Crippen LogP contribution in [0, 0.1) is 0 Å². The van der Waals surface area contributed by atoms with Gasteiger partial charge in [0.05, 0.1) is 5.69 Å². The quantitative estimate of drug-likeness (QED) is 0.787. The van der Waals surface area contributed by atoms with Gasteiger partial charge in [0, 0.05) is 24.5 Å². The highest BCUT2D eigenvalue weighted by Gasteiger charge is 2.28. The summed E-state index contributed by atoms with van der Waals surface area (Å²) in [7, 11) is 0. The van der Waals surface area contributed by atoms with Crippen molar-refractivity contribution in [3.05, 3.63) is 24.3 Å². The van der Waals surface area contributed by atoms with E-state index < -0.39 is 0 Å².